The van der Waals surface area contributed by atoms with E-state index < -0.39 is 7.41 Å². The normalized spacial score (nSPS) is 18.7. The molecule has 0 saturated carbocycles. The van der Waals surface area contributed by atoms with Gasteiger partial charge in [-0.1, -0.05) is 0 Å². The Bertz CT molecular complexity index is 190. The van der Waals surface area contributed by atoms with Crippen molar-refractivity contribution in [1.82, 2.24) is 4.67 Å². The molecule has 1 heterocycles. The van der Waals surface area contributed by atoms with Crippen molar-refractivity contribution >= 4 is 7.41 Å². The van der Waals surface area contributed by atoms with Crippen molar-refractivity contribution in [2.75, 3.05) is 31.6 Å². The maximum atomic E-state index is 3.04. The van der Waals surface area contributed by atoms with E-state index in [-0.39, 0.29) is 0 Å². The van der Waals surface area contributed by atoms with Gasteiger partial charge in [-0.05, 0) is 0 Å². The van der Waals surface area contributed by atoms with Gasteiger partial charge in [-0.3, -0.25) is 0 Å². The number of hydrogen-bond acceptors (Lipinski definition) is 1. The zero-order valence-electron chi connectivity index (χ0n) is 13.8. The molecule has 0 spiro atoms. The van der Waals surface area contributed by atoms with Gasteiger partial charge in [-0.2, -0.15) is 0 Å². The first-order chi connectivity index (χ1) is 9.29. The van der Waals surface area contributed by atoms with Crippen LogP contribution in [0.25, 0.3) is 0 Å². The van der Waals surface area contributed by atoms with E-state index in [2.05, 4.69) is 25.4 Å². The van der Waals surface area contributed by atoms with Gasteiger partial charge in [0.25, 0.3) is 0 Å². The van der Waals surface area contributed by atoms with Crippen LogP contribution < -0.4 is 0 Å². The van der Waals surface area contributed by atoms with E-state index in [0.717, 1.165) is 0 Å². The summed E-state index contributed by atoms with van der Waals surface area (Å²) in [5.74, 6) is 0. The van der Waals surface area contributed by atoms with E-state index in [9.17, 15) is 0 Å². The Morgan fingerprint density at radius 2 is 1.11 bits per heavy atom. The monoisotopic (exact) mass is 287 g/mol. The molecule has 2 heteroatoms. The van der Waals surface area contributed by atoms with E-state index in [1.54, 1.807) is 18.5 Å². The first-order valence-electron chi connectivity index (χ1n) is 9.04. The van der Waals surface area contributed by atoms with Gasteiger partial charge in [-0.25, -0.2) is 0 Å². The number of nitrogens with zero attached hydrogens (tertiary/aromatic N) is 1. The molecule has 1 fully saturated rings. The minimum absolute atomic E-state index is 1.12. The first kappa shape index (κ1) is 17.4. The molecule has 1 aliphatic heterocycles. The second-order valence-corrected chi connectivity index (χ2v) is 11.2. The molecule has 1 rings (SSSR count). The van der Waals surface area contributed by atoms with Crippen LogP contribution in [-0.2, 0) is 0 Å². The van der Waals surface area contributed by atoms with E-state index in [4.69, 9.17) is 0 Å². The van der Waals surface area contributed by atoms with Crippen molar-refractivity contribution in [2.24, 2.45) is 0 Å². The van der Waals surface area contributed by atoms with Crippen LogP contribution in [0.2, 0.25) is 0 Å². The molecule has 0 aromatic heterocycles. The molecular weight excluding hydrogens is 249 g/mol. The third kappa shape index (κ3) is 5.72. The number of rotatable bonds is 10. The van der Waals surface area contributed by atoms with E-state index in [1.807, 2.05) is 0 Å². The molecular formula is C17H38NP. The molecule has 0 radical (unpaired) electrons. The number of unbranched alkanes of at least 4 members (excludes halogenated alkanes) is 3. The van der Waals surface area contributed by atoms with Gasteiger partial charge in [0.05, 0.1) is 0 Å². The minimum atomic E-state index is -1.12. The molecule has 116 valence electrons. The summed E-state index contributed by atoms with van der Waals surface area (Å²) in [6, 6.07) is 0. The van der Waals surface area contributed by atoms with Gasteiger partial charge in [0.15, 0.2) is 0 Å². The van der Waals surface area contributed by atoms with Gasteiger partial charge in [-0.15, -0.1) is 0 Å². The molecule has 1 saturated heterocycles. The number of piperidine rings is 1. The SMILES string of the molecule is CCCC[PH](CCCC)(CCCC)N1CCCCC1. The molecule has 0 atom stereocenters. The van der Waals surface area contributed by atoms with Crippen LogP contribution in [0.3, 0.4) is 0 Å². The fourth-order valence-corrected chi connectivity index (χ4v) is 9.73. The van der Waals surface area contributed by atoms with E-state index in [0.29, 0.717) is 0 Å². The van der Waals surface area contributed by atoms with Gasteiger partial charge >= 0.3 is 122 Å². The Morgan fingerprint density at radius 3 is 1.47 bits per heavy atom. The fraction of sp³-hybridized carbons (Fsp3) is 1.00. The molecule has 1 aliphatic rings. The van der Waals surface area contributed by atoms with Crippen LogP contribution in [0.1, 0.15) is 78.6 Å². The number of hydrogen-bond donors (Lipinski definition) is 0. The summed E-state index contributed by atoms with van der Waals surface area (Å²) in [5.41, 5.74) is 0. The molecule has 0 aromatic rings. The summed E-state index contributed by atoms with van der Waals surface area (Å²) in [6.07, 6.45) is 17.8. The molecule has 19 heavy (non-hydrogen) atoms. The average Bonchev–Trinajstić information content (AvgIpc) is 2.48. The third-order valence-corrected chi connectivity index (χ3v) is 10.7. The van der Waals surface area contributed by atoms with Crippen LogP contribution in [0.4, 0.5) is 0 Å². The summed E-state index contributed by atoms with van der Waals surface area (Å²) >= 11 is 0. The Morgan fingerprint density at radius 1 is 0.684 bits per heavy atom. The standard InChI is InChI=1S/C17H38NP/c1-4-7-15-19(16-8-5-2,17-9-6-3)18-13-11-10-12-14-18/h19H,4-17H2,1-3H3. The van der Waals surface area contributed by atoms with Crippen LogP contribution in [-0.4, -0.2) is 36.2 Å². The second kappa shape index (κ2) is 10.2. The van der Waals surface area contributed by atoms with Crippen LogP contribution in [0.15, 0.2) is 0 Å². The maximum absolute atomic E-state index is 3.04. The Labute approximate surface area is 122 Å². The summed E-state index contributed by atoms with van der Waals surface area (Å²) in [4.78, 5) is 0. The van der Waals surface area contributed by atoms with Gasteiger partial charge in [0, 0.05) is 0 Å². The topological polar surface area (TPSA) is 3.24 Å². The third-order valence-electron chi connectivity index (χ3n) is 5.01. The first-order valence-corrected chi connectivity index (χ1v) is 11.6. The summed E-state index contributed by atoms with van der Waals surface area (Å²) in [5, 5.41) is 0. The molecule has 0 N–H and O–H groups in total. The van der Waals surface area contributed by atoms with Crippen molar-refractivity contribution in [3.8, 4) is 0 Å². The summed E-state index contributed by atoms with van der Waals surface area (Å²) in [6.45, 7) is 9.98. The van der Waals surface area contributed by atoms with Crippen molar-refractivity contribution in [1.29, 1.82) is 0 Å². The van der Waals surface area contributed by atoms with Crippen molar-refractivity contribution in [2.45, 2.75) is 78.6 Å². The quantitative estimate of drug-likeness (QED) is 0.477. The predicted molar refractivity (Wildman–Crippen MR) is 93.1 cm³/mol. The van der Waals surface area contributed by atoms with E-state index >= 15 is 0 Å². The molecule has 0 aromatic carbocycles. The van der Waals surface area contributed by atoms with Gasteiger partial charge in [0.2, 0.25) is 0 Å². The molecule has 1 nitrogen and oxygen atoms in total. The van der Waals surface area contributed by atoms with Crippen molar-refractivity contribution in [3.63, 3.8) is 0 Å². The summed E-state index contributed by atoms with van der Waals surface area (Å²) in [7, 11) is -1.12. The Kier molecular flexibility index (Phi) is 9.33. The zero-order valence-corrected chi connectivity index (χ0v) is 14.8. The zero-order chi connectivity index (χ0) is 14.0. The fourth-order valence-electron chi connectivity index (χ4n) is 3.74. The van der Waals surface area contributed by atoms with E-state index in [1.165, 1.54) is 70.9 Å². The van der Waals surface area contributed by atoms with Crippen LogP contribution in [0.5, 0.6) is 0 Å². The molecule has 0 bridgehead atoms. The Balaban J connectivity index is 2.73. The average molecular weight is 287 g/mol. The van der Waals surface area contributed by atoms with Crippen molar-refractivity contribution < 1.29 is 0 Å². The molecule has 0 aliphatic carbocycles. The van der Waals surface area contributed by atoms with Crippen molar-refractivity contribution in [3.05, 3.63) is 0 Å². The van der Waals surface area contributed by atoms with Gasteiger partial charge < -0.3 is 0 Å². The molecule has 0 amide bonds. The predicted octanol–water partition coefficient (Wildman–Crippen LogP) is 5.54. The summed E-state index contributed by atoms with van der Waals surface area (Å²) < 4.78 is 3.04. The van der Waals surface area contributed by atoms with Gasteiger partial charge in [0.1, 0.15) is 0 Å². The Hall–Kier alpha value is 0.390. The van der Waals surface area contributed by atoms with Crippen LogP contribution in [0, 0.1) is 0 Å². The molecule has 0 unspecified atom stereocenters. The second-order valence-electron chi connectivity index (χ2n) is 6.58. The van der Waals surface area contributed by atoms with Crippen LogP contribution >= 0.6 is 7.41 Å².